The summed E-state index contributed by atoms with van der Waals surface area (Å²) in [6, 6.07) is 20.5. The van der Waals surface area contributed by atoms with Gasteiger partial charge in [-0.25, -0.2) is 8.42 Å². The Labute approximate surface area is 257 Å². The van der Waals surface area contributed by atoms with E-state index >= 15 is 0 Å². The summed E-state index contributed by atoms with van der Waals surface area (Å²) in [6.07, 6.45) is 4.09. The molecule has 0 saturated heterocycles. The molecular formula is C32H36ClN3O6S. The number of fused-ring (bicyclic) bond motifs is 1. The smallest absolute Gasteiger partial charge is 0.244 e. The van der Waals surface area contributed by atoms with Crippen LogP contribution in [0, 0.1) is 0 Å². The molecule has 2 aliphatic rings. The van der Waals surface area contributed by atoms with Crippen molar-refractivity contribution in [3.63, 3.8) is 0 Å². The molecule has 3 aromatic rings. The Morgan fingerprint density at radius 3 is 2.40 bits per heavy atom. The second-order valence-corrected chi connectivity index (χ2v) is 13.3. The van der Waals surface area contributed by atoms with E-state index in [9.17, 15) is 18.0 Å². The third kappa shape index (κ3) is 7.43. The Morgan fingerprint density at radius 1 is 0.977 bits per heavy atom. The Balaban J connectivity index is 1.52. The van der Waals surface area contributed by atoms with Crippen molar-refractivity contribution in [2.45, 2.75) is 57.7 Å². The molecule has 0 spiro atoms. The van der Waals surface area contributed by atoms with Crippen LogP contribution in [0.25, 0.3) is 0 Å². The maximum atomic E-state index is 14.4. The highest BCUT2D eigenvalue weighted by atomic mass is 35.5. The van der Waals surface area contributed by atoms with Crippen molar-refractivity contribution >= 4 is 39.1 Å². The molecule has 5 rings (SSSR count). The predicted molar refractivity (Wildman–Crippen MR) is 166 cm³/mol. The number of nitrogens with zero attached hydrogens (tertiary/aromatic N) is 2. The number of amides is 2. The number of hydrogen-bond acceptors (Lipinski definition) is 6. The van der Waals surface area contributed by atoms with E-state index in [1.807, 2.05) is 36.4 Å². The van der Waals surface area contributed by atoms with Crippen LogP contribution in [0.3, 0.4) is 0 Å². The lowest BCUT2D eigenvalue weighted by Gasteiger charge is -2.34. The maximum absolute atomic E-state index is 14.4. The van der Waals surface area contributed by atoms with Crippen LogP contribution < -0.4 is 19.1 Å². The highest BCUT2D eigenvalue weighted by Crippen LogP contribution is 2.36. The number of anilines is 1. The number of halogens is 1. The van der Waals surface area contributed by atoms with Crippen LogP contribution in [-0.2, 0) is 32.6 Å². The zero-order valence-corrected chi connectivity index (χ0v) is 25.6. The van der Waals surface area contributed by atoms with Gasteiger partial charge < -0.3 is 19.7 Å². The average molecular weight is 626 g/mol. The first-order valence-electron chi connectivity index (χ1n) is 14.5. The first-order valence-corrected chi connectivity index (χ1v) is 16.5. The summed E-state index contributed by atoms with van der Waals surface area (Å²) in [7, 11) is -3.90. The number of nitrogens with one attached hydrogen (secondary N) is 1. The number of ether oxygens (including phenoxy) is 2. The SMILES string of the molecule is CCS(=O)(=O)N(CC(=O)N(Cc1ccccc1Cl)C(Cc1ccccc1)C(=O)NC1CCCC1)c1ccc2c(c1)OCO2. The van der Waals surface area contributed by atoms with Crippen molar-refractivity contribution in [2.75, 3.05) is 23.4 Å². The van der Waals surface area contributed by atoms with Crippen LogP contribution in [0.4, 0.5) is 5.69 Å². The summed E-state index contributed by atoms with van der Waals surface area (Å²) in [6.45, 7) is 1.06. The third-order valence-electron chi connectivity index (χ3n) is 7.89. The fourth-order valence-electron chi connectivity index (χ4n) is 5.49. The number of sulfonamides is 1. The molecule has 0 radical (unpaired) electrons. The van der Waals surface area contributed by atoms with Crippen LogP contribution in [0.5, 0.6) is 11.5 Å². The molecule has 1 aliphatic carbocycles. The monoisotopic (exact) mass is 625 g/mol. The van der Waals surface area contributed by atoms with Gasteiger partial charge in [0.1, 0.15) is 12.6 Å². The minimum atomic E-state index is -3.90. The zero-order valence-electron chi connectivity index (χ0n) is 24.1. The van der Waals surface area contributed by atoms with Crippen molar-refractivity contribution in [1.82, 2.24) is 10.2 Å². The highest BCUT2D eigenvalue weighted by molar-refractivity contribution is 7.92. The molecule has 3 aromatic carbocycles. The Kier molecular flexibility index (Phi) is 9.77. The molecule has 1 saturated carbocycles. The second-order valence-electron chi connectivity index (χ2n) is 10.8. The molecule has 1 aliphatic heterocycles. The second kappa shape index (κ2) is 13.7. The van der Waals surface area contributed by atoms with E-state index in [4.69, 9.17) is 21.1 Å². The molecule has 9 nitrogen and oxygen atoms in total. The van der Waals surface area contributed by atoms with E-state index in [1.54, 1.807) is 36.4 Å². The lowest BCUT2D eigenvalue weighted by Crippen LogP contribution is -2.54. The normalized spacial score (nSPS) is 15.2. The standard InChI is InChI=1S/C32H36ClN3O6S/c1-2-43(39,40)36(26-16-17-29-30(19-26)42-22-41-29)21-31(37)35(20-24-12-6-9-15-27(24)33)28(18-23-10-4-3-5-11-23)32(38)34-25-13-7-8-14-25/h3-6,9-12,15-17,19,25,28H,2,7-8,13-14,18,20-22H2,1H3,(H,34,38). The van der Waals surface area contributed by atoms with Gasteiger partial charge in [-0.3, -0.25) is 13.9 Å². The molecular weight excluding hydrogens is 590 g/mol. The Bertz CT molecular complexity index is 1550. The number of benzene rings is 3. The van der Waals surface area contributed by atoms with E-state index in [0.717, 1.165) is 35.6 Å². The lowest BCUT2D eigenvalue weighted by molar-refractivity contribution is -0.140. The van der Waals surface area contributed by atoms with Crippen LogP contribution in [-0.4, -0.2) is 56.3 Å². The predicted octanol–water partition coefficient (Wildman–Crippen LogP) is 4.92. The third-order valence-corrected chi connectivity index (χ3v) is 10.0. The maximum Gasteiger partial charge on any atom is 0.244 e. The average Bonchev–Trinajstić information content (AvgIpc) is 3.70. The van der Waals surface area contributed by atoms with Gasteiger partial charge in [0.2, 0.25) is 28.6 Å². The van der Waals surface area contributed by atoms with Gasteiger partial charge in [0.15, 0.2) is 11.5 Å². The van der Waals surface area contributed by atoms with Gasteiger partial charge in [0, 0.05) is 30.1 Å². The van der Waals surface area contributed by atoms with Gasteiger partial charge in [-0.1, -0.05) is 73.0 Å². The fourth-order valence-corrected chi connectivity index (χ4v) is 6.74. The summed E-state index contributed by atoms with van der Waals surface area (Å²) in [5.74, 6) is -0.140. The first kappa shape index (κ1) is 30.7. The molecule has 0 aromatic heterocycles. The minimum Gasteiger partial charge on any atom is -0.454 e. The van der Waals surface area contributed by atoms with Crippen LogP contribution in [0.1, 0.15) is 43.7 Å². The van der Waals surface area contributed by atoms with Crippen molar-refractivity contribution in [3.05, 3.63) is 88.9 Å². The van der Waals surface area contributed by atoms with Gasteiger partial charge in [-0.2, -0.15) is 0 Å². The van der Waals surface area contributed by atoms with E-state index in [1.165, 1.54) is 11.8 Å². The van der Waals surface area contributed by atoms with Gasteiger partial charge >= 0.3 is 0 Å². The summed E-state index contributed by atoms with van der Waals surface area (Å²) in [5.41, 5.74) is 1.80. The molecule has 43 heavy (non-hydrogen) atoms. The number of hydrogen-bond donors (Lipinski definition) is 1. The largest absolute Gasteiger partial charge is 0.454 e. The topological polar surface area (TPSA) is 105 Å². The van der Waals surface area contributed by atoms with Crippen LogP contribution >= 0.6 is 11.6 Å². The summed E-state index contributed by atoms with van der Waals surface area (Å²) in [5, 5.41) is 3.61. The fraction of sp³-hybridized carbons (Fsp3) is 0.375. The summed E-state index contributed by atoms with van der Waals surface area (Å²) >= 11 is 6.54. The Morgan fingerprint density at radius 2 is 1.67 bits per heavy atom. The highest BCUT2D eigenvalue weighted by Gasteiger charge is 2.35. The van der Waals surface area contributed by atoms with Gasteiger partial charge in [0.05, 0.1) is 11.4 Å². The van der Waals surface area contributed by atoms with E-state index < -0.39 is 28.5 Å². The van der Waals surface area contributed by atoms with Crippen LogP contribution in [0.2, 0.25) is 5.02 Å². The van der Waals surface area contributed by atoms with Crippen LogP contribution in [0.15, 0.2) is 72.8 Å². The molecule has 11 heteroatoms. The molecule has 1 N–H and O–H groups in total. The van der Waals surface area contributed by atoms with Crippen molar-refractivity contribution in [1.29, 1.82) is 0 Å². The summed E-state index contributed by atoms with van der Waals surface area (Å²) in [4.78, 5) is 29.8. The van der Waals surface area contributed by atoms with Gasteiger partial charge in [-0.05, 0) is 49.1 Å². The Hall–Kier alpha value is -3.76. The number of carbonyl (C=O) groups excluding carboxylic acids is 2. The van der Waals surface area contributed by atoms with Crippen molar-refractivity contribution in [2.24, 2.45) is 0 Å². The first-order chi connectivity index (χ1) is 20.7. The zero-order chi connectivity index (χ0) is 30.4. The van der Waals surface area contributed by atoms with Crippen molar-refractivity contribution in [3.8, 4) is 11.5 Å². The summed E-state index contributed by atoms with van der Waals surface area (Å²) < 4.78 is 38.7. The number of carbonyl (C=O) groups is 2. The van der Waals surface area contributed by atoms with Crippen molar-refractivity contribution < 1.29 is 27.5 Å². The van der Waals surface area contributed by atoms with Gasteiger partial charge in [0.25, 0.3) is 0 Å². The quantitative estimate of drug-likeness (QED) is 0.306. The molecule has 1 fully saturated rings. The molecule has 1 heterocycles. The van der Waals surface area contributed by atoms with Gasteiger partial charge in [-0.15, -0.1) is 0 Å². The van der Waals surface area contributed by atoms with E-state index in [-0.39, 0.29) is 43.1 Å². The molecule has 2 amide bonds. The van der Waals surface area contributed by atoms with E-state index in [2.05, 4.69) is 5.32 Å². The molecule has 1 atom stereocenters. The van der Waals surface area contributed by atoms with E-state index in [0.29, 0.717) is 22.1 Å². The molecule has 228 valence electrons. The molecule has 0 bridgehead atoms. The minimum absolute atomic E-state index is 0.0231. The molecule has 1 unspecified atom stereocenters. The number of rotatable bonds is 12. The lowest BCUT2D eigenvalue weighted by atomic mass is 10.0.